The Bertz CT molecular complexity index is 891. The molecule has 27 heavy (non-hydrogen) atoms. The van der Waals surface area contributed by atoms with Crippen molar-refractivity contribution in [3.8, 4) is 0 Å². The van der Waals surface area contributed by atoms with Gasteiger partial charge in [-0.05, 0) is 31.4 Å². The number of nitrogens with one attached hydrogen (secondary N) is 1. The molecule has 0 spiro atoms. The SMILES string of the molecule is COC(=O)c1ccccc1NC(=O)C1(C(=O)N(C)C2CCS(=O)(=O)C2)CC1. The lowest BCUT2D eigenvalue weighted by Crippen LogP contribution is -2.46. The minimum atomic E-state index is -3.13. The van der Waals surface area contributed by atoms with Gasteiger partial charge in [0.2, 0.25) is 11.8 Å². The van der Waals surface area contributed by atoms with Gasteiger partial charge in [0.25, 0.3) is 0 Å². The van der Waals surface area contributed by atoms with Crippen LogP contribution in [0.15, 0.2) is 24.3 Å². The topological polar surface area (TPSA) is 110 Å². The molecule has 2 fully saturated rings. The molecule has 146 valence electrons. The molecule has 1 saturated heterocycles. The normalized spacial score (nSPS) is 21.9. The van der Waals surface area contributed by atoms with E-state index in [0.29, 0.717) is 19.3 Å². The van der Waals surface area contributed by atoms with Crippen LogP contribution < -0.4 is 5.32 Å². The van der Waals surface area contributed by atoms with Crippen molar-refractivity contribution in [3.63, 3.8) is 0 Å². The maximum absolute atomic E-state index is 12.9. The zero-order valence-electron chi connectivity index (χ0n) is 15.2. The number of carbonyl (C=O) groups excluding carboxylic acids is 3. The van der Waals surface area contributed by atoms with Gasteiger partial charge < -0.3 is 15.0 Å². The van der Waals surface area contributed by atoms with Crippen molar-refractivity contribution in [2.45, 2.75) is 25.3 Å². The predicted octanol–water partition coefficient (Wildman–Crippen LogP) is 0.837. The molecule has 1 aliphatic carbocycles. The first-order valence-electron chi connectivity index (χ1n) is 8.67. The minimum absolute atomic E-state index is 0.0565. The molecule has 0 aromatic heterocycles. The molecule has 1 unspecified atom stereocenters. The summed E-state index contributed by atoms with van der Waals surface area (Å²) in [5, 5.41) is 2.67. The summed E-state index contributed by atoms with van der Waals surface area (Å²) < 4.78 is 28.1. The van der Waals surface area contributed by atoms with E-state index in [1.165, 1.54) is 18.1 Å². The monoisotopic (exact) mass is 394 g/mol. The number of methoxy groups -OCH3 is 1. The Morgan fingerprint density at radius 2 is 1.89 bits per heavy atom. The Balaban J connectivity index is 1.75. The molecule has 2 amide bonds. The van der Waals surface area contributed by atoms with Crippen LogP contribution in [0.4, 0.5) is 5.69 Å². The van der Waals surface area contributed by atoms with Crippen LogP contribution in [0.2, 0.25) is 0 Å². The van der Waals surface area contributed by atoms with E-state index in [2.05, 4.69) is 5.32 Å². The fourth-order valence-corrected chi connectivity index (χ4v) is 5.14. The summed E-state index contributed by atoms with van der Waals surface area (Å²) in [4.78, 5) is 39.0. The quantitative estimate of drug-likeness (QED) is 0.585. The predicted molar refractivity (Wildman–Crippen MR) is 97.9 cm³/mol. The zero-order chi connectivity index (χ0) is 19.8. The Labute approximate surface area is 157 Å². The summed E-state index contributed by atoms with van der Waals surface area (Å²) in [5.41, 5.74) is -0.726. The molecule has 8 nitrogen and oxygen atoms in total. The van der Waals surface area contributed by atoms with Crippen LogP contribution in [0.25, 0.3) is 0 Å². The number of anilines is 1. The van der Waals surface area contributed by atoms with Crippen LogP contribution in [-0.2, 0) is 24.2 Å². The van der Waals surface area contributed by atoms with Crippen molar-refractivity contribution in [2.75, 3.05) is 31.0 Å². The highest BCUT2D eigenvalue weighted by atomic mass is 32.2. The third-order valence-electron chi connectivity index (χ3n) is 5.25. The molecular weight excluding hydrogens is 372 g/mol. The lowest BCUT2D eigenvalue weighted by Gasteiger charge is -2.27. The van der Waals surface area contributed by atoms with E-state index < -0.39 is 33.2 Å². The average Bonchev–Trinajstić information content (AvgIpc) is 3.38. The van der Waals surface area contributed by atoms with E-state index in [4.69, 9.17) is 4.74 Å². The summed E-state index contributed by atoms with van der Waals surface area (Å²) in [6.07, 6.45) is 1.16. The third-order valence-corrected chi connectivity index (χ3v) is 7.00. The van der Waals surface area contributed by atoms with Crippen LogP contribution in [-0.4, -0.2) is 62.8 Å². The molecule has 9 heteroatoms. The molecule has 1 N–H and O–H groups in total. The standard InChI is InChI=1S/C18H22N2O6S/c1-20(12-7-10-27(24,25)11-12)17(23)18(8-9-18)16(22)19-14-6-4-3-5-13(14)15(21)26-2/h3-6,12H,7-11H2,1-2H3,(H,19,22). The number of amides is 2. The first kappa shape index (κ1) is 19.3. The number of ether oxygens (including phenoxy) is 1. The molecule has 1 aromatic carbocycles. The third kappa shape index (κ3) is 3.69. The van der Waals surface area contributed by atoms with Crippen LogP contribution in [0.3, 0.4) is 0 Å². The minimum Gasteiger partial charge on any atom is -0.465 e. The molecule has 1 heterocycles. The van der Waals surface area contributed by atoms with Crippen molar-refractivity contribution in [3.05, 3.63) is 29.8 Å². The van der Waals surface area contributed by atoms with Crippen molar-refractivity contribution in [2.24, 2.45) is 5.41 Å². The van der Waals surface area contributed by atoms with E-state index in [9.17, 15) is 22.8 Å². The number of carbonyl (C=O) groups is 3. The van der Waals surface area contributed by atoms with Gasteiger partial charge in [-0.15, -0.1) is 0 Å². The smallest absolute Gasteiger partial charge is 0.339 e. The van der Waals surface area contributed by atoms with Crippen LogP contribution in [0, 0.1) is 5.41 Å². The van der Waals surface area contributed by atoms with Gasteiger partial charge >= 0.3 is 5.97 Å². The maximum atomic E-state index is 12.9. The fourth-order valence-electron chi connectivity index (χ4n) is 3.37. The lowest BCUT2D eigenvalue weighted by atomic mass is 10.0. The highest BCUT2D eigenvalue weighted by Crippen LogP contribution is 2.48. The number of nitrogens with zero attached hydrogens (tertiary/aromatic N) is 1. The molecule has 3 rings (SSSR count). The summed E-state index contributed by atoms with van der Waals surface area (Å²) >= 11 is 0. The van der Waals surface area contributed by atoms with Crippen LogP contribution >= 0.6 is 0 Å². The van der Waals surface area contributed by atoms with Crippen LogP contribution in [0.5, 0.6) is 0 Å². The van der Waals surface area contributed by atoms with Crippen molar-refractivity contribution < 1.29 is 27.5 Å². The molecule has 1 saturated carbocycles. The number of para-hydroxylation sites is 1. The first-order valence-corrected chi connectivity index (χ1v) is 10.5. The van der Waals surface area contributed by atoms with Gasteiger partial charge in [-0.25, -0.2) is 13.2 Å². The van der Waals surface area contributed by atoms with Crippen molar-refractivity contribution in [1.29, 1.82) is 0 Å². The number of benzene rings is 1. The van der Waals surface area contributed by atoms with Gasteiger partial charge in [-0.3, -0.25) is 9.59 Å². The lowest BCUT2D eigenvalue weighted by molar-refractivity contribution is -0.142. The highest BCUT2D eigenvalue weighted by molar-refractivity contribution is 7.91. The van der Waals surface area contributed by atoms with Gasteiger partial charge in [-0.2, -0.15) is 0 Å². The summed E-state index contributed by atoms with van der Waals surface area (Å²) in [7, 11) is -0.339. The van der Waals surface area contributed by atoms with E-state index in [1.54, 1.807) is 25.2 Å². The molecule has 0 bridgehead atoms. The van der Waals surface area contributed by atoms with Gasteiger partial charge in [0.05, 0.1) is 29.9 Å². The van der Waals surface area contributed by atoms with Crippen molar-refractivity contribution >= 4 is 33.3 Å². The molecule has 2 aliphatic rings. The molecule has 1 aromatic rings. The largest absolute Gasteiger partial charge is 0.465 e. The van der Waals surface area contributed by atoms with E-state index in [1.807, 2.05) is 0 Å². The van der Waals surface area contributed by atoms with E-state index in [0.717, 1.165) is 0 Å². The van der Waals surface area contributed by atoms with E-state index >= 15 is 0 Å². The Morgan fingerprint density at radius 1 is 1.22 bits per heavy atom. The summed E-state index contributed by atoms with van der Waals surface area (Å²) in [6, 6.07) is 6.00. The molecule has 1 aliphatic heterocycles. The van der Waals surface area contributed by atoms with Gasteiger partial charge in [0.15, 0.2) is 9.84 Å². The first-order chi connectivity index (χ1) is 12.7. The number of sulfone groups is 1. The van der Waals surface area contributed by atoms with Gasteiger partial charge in [-0.1, -0.05) is 12.1 Å². The highest BCUT2D eigenvalue weighted by Gasteiger charge is 2.58. The number of hydrogen-bond acceptors (Lipinski definition) is 6. The number of esters is 1. The second-order valence-corrected chi connectivity index (χ2v) is 9.28. The Kier molecular flexibility index (Phi) is 4.98. The molecule has 1 atom stereocenters. The second kappa shape index (κ2) is 6.95. The van der Waals surface area contributed by atoms with Gasteiger partial charge in [0.1, 0.15) is 5.41 Å². The second-order valence-electron chi connectivity index (χ2n) is 7.05. The maximum Gasteiger partial charge on any atom is 0.339 e. The average molecular weight is 394 g/mol. The number of hydrogen-bond donors (Lipinski definition) is 1. The summed E-state index contributed by atoms with van der Waals surface area (Å²) in [5.74, 6) is -1.47. The number of rotatable bonds is 5. The fraction of sp³-hybridized carbons (Fsp3) is 0.500. The Morgan fingerprint density at radius 3 is 2.44 bits per heavy atom. The molecule has 0 radical (unpaired) electrons. The molecular formula is C18H22N2O6S. The van der Waals surface area contributed by atoms with Crippen molar-refractivity contribution in [1.82, 2.24) is 4.90 Å². The van der Waals surface area contributed by atoms with Crippen LogP contribution in [0.1, 0.15) is 29.6 Å². The van der Waals surface area contributed by atoms with E-state index in [-0.39, 0.29) is 28.7 Å². The summed E-state index contributed by atoms with van der Waals surface area (Å²) in [6.45, 7) is 0. The van der Waals surface area contributed by atoms with Gasteiger partial charge in [0, 0.05) is 13.1 Å². The Hall–Kier alpha value is -2.42. The zero-order valence-corrected chi connectivity index (χ0v) is 16.0.